The molecule has 0 amide bonds. The molecule has 0 aromatic heterocycles. The summed E-state index contributed by atoms with van der Waals surface area (Å²) < 4.78 is 0. The fraction of sp³-hybridized carbons (Fsp3) is 0.357. The van der Waals surface area contributed by atoms with E-state index in [-0.39, 0.29) is 5.97 Å². The molecule has 0 spiro atoms. The lowest BCUT2D eigenvalue weighted by Crippen LogP contribution is -2.23. The Hall–Kier alpha value is -1.77. The van der Waals surface area contributed by atoms with Gasteiger partial charge in [-0.1, -0.05) is 31.2 Å². The molecular weight excluding hydrogens is 214 g/mol. The van der Waals surface area contributed by atoms with Crippen LogP contribution in [0, 0.1) is 6.92 Å². The topological polar surface area (TPSA) is 29.5 Å². The van der Waals surface area contributed by atoms with Gasteiger partial charge in [0, 0.05) is 12.6 Å². The van der Waals surface area contributed by atoms with Crippen LogP contribution in [0.4, 0.5) is 5.69 Å². The van der Waals surface area contributed by atoms with Gasteiger partial charge in [0.2, 0.25) is 0 Å². The Kier molecular flexibility index (Phi) is 4.76. The van der Waals surface area contributed by atoms with E-state index < -0.39 is 0 Å². The summed E-state index contributed by atoms with van der Waals surface area (Å²) in [5, 5.41) is 1.50. The van der Waals surface area contributed by atoms with Crippen molar-refractivity contribution < 1.29 is 9.63 Å². The summed E-state index contributed by atoms with van der Waals surface area (Å²) in [5.41, 5.74) is 2.60. The van der Waals surface area contributed by atoms with Gasteiger partial charge in [-0.25, -0.2) is 9.86 Å². The number of carbonyl (C=O) groups excluding carboxylic acids is 1. The molecule has 3 heteroatoms. The number of aryl methyl sites for hydroxylation is 1. The molecule has 0 radical (unpaired) electrons. The summed E-state index contributed by atoms with van der Waals surface area (Å²) >= 11 is 0. The molecule has 17 heavy (non-hydrogen) atoms. The van der Waals surface area contributed by atoms with Crippen molar-refractivity contribution in [3.63, 3.8) is 0 Å². The second-order valence-electron chi connectivity index (χ2n) is 3.96. The second-order valence-corrected chi connectivity index (χ2v) is 3.96. The van der Waals surface area contributed by atoms with Crippen LogP contribution in [0.1, 0.15) is 25.8 Å². The first-order chi connectivity index (χ1) is 8.06. The Morgan fingerprint density at radius 3 is 2.65 bits per heavy atom. The van der Waals surface area contributed by atoms with E-state index in [9.17, 15) is 4.79 Å². The summed E-state index contributed by atoms with van der Waals surface area (Å²) in [6.07, 6.45) is 2.68. The average Bonchev–Trinajstić information content (AvgIpc) is 2.29. The Morgan fingerprint density at radius 1 is 1.41 bits per heavy atom. The van der Waals surface area contributed by atoms with Crippen molar-refractivity contribution in [2.75, 3.05) is 12.1 Å². The first-order valence-corrected chi connectivity index (χ1v) is 5.74. The zero-order valence-electron chi connectivity index (χ0n) is 10.9. The van der Waals surface area contributed by atoms with Crippen molar-refractivity contribution in [2.45, 2.75) is 27.2 Å². The number of rotatable bonds is 4. The standard InChI is InChI=1S/C14H19NO2/c1-5-8-12(3)14(16)17-15(4)13-10-7-6-9-11(13)2/h6-10H,5H2,1-4H3. The van der Waals surface area contributed by atoms with Gasteiger partial charge in [-0.15, -0.1) is 0 Å². The minimum absolute atomic E-state index is 0.308. The molecule has 0 heterocycles. The summed E-state index contributed by atoms with van der Waals surface area (Å²) in [6.45, 7) is 5.73. The predicted molar refractivity (Wildman–Crippen MR) is 69.7 cm³/mol. The number of hydrogen-bond donors (Lipinski definition) is 0. The number of carbonyl (C=O) groups is 1. The molecule has 0 bridgehead atoms. The lowest BCUT2D eigenvalue weighted by Gasteiger charge is -2.20. The fourth-order valence-electron chi connectivity index (χ4n) is 1.55. The van der Waals surface area contributed by atoms with Gasteiger partial charge in [0.1, 0.15) is 0 Å². The summed E-state index contributed by atoms with van der Waals surface area (Å²) in [6, 6.07) is 7.77. The molecule has 0 saturated heterocycles. The van der Waals surface area contributed by atoms with E-state index in [2.05, 4.69) is 0 Å². The second kappa shape index (κ2) is 6.09. The largest absolute Gasteiger partial charge is 0.358 e. The third-order valence-electron chi connectivity index (χ3n) is 2.51. The highest BCUT2D eigenvalue weighted by Crippen LogP contribution is 2.18. The minimum Gasteiger partial charge on any atom is -0.336 e. The summed E-state index contributed by atoms with van der Waals surface area (Å²) in [7, 11) is 1.74. The molecule has 0 aliphatic heterocycles. The van der Waals surface area contributed by atoms with E-state index in [1.807, 2.05) is 44.2 Å². The number of anilines is 1. The number of hydrogen-bond acceptors (Lipinski definition) is 3. The van der Waals surface area contributed by atoms with Gasteiger partial charge in [-0.3, -0.25) is 0 Å². The summed E-state index contributed by atoms with van der Waals surface area (Å²) in [4.78, 5) is 17.0. The normalized spacial score (nSPS) is 11.2. The van der Waals surface area contributed by atoms with E-state index in [0.29, 0.717) is 5.57 Å². The highest BCUT2D eigenvalue weighted by atomic mass is 16.7. The van der Waals surface area contributed by atoms with E-state index in [1.54, 1.807) is 14.0 Å². The van der Waals surface area contributed by atoms with E-state index >= 15 is 0 Å². The van der Waals surface area contributed by atoms with Gasteiger partial charge in [0.25, 0.3) is 0 Å². The molecule has 0 unspecified atom stereocenters. The monoisotopic (exact) mass is 233 g/mol. The zero-order valence-corrected chi connectivity index (χ0v) is 10.9. The molecular formula is C14H19NO2. The Balaban J connectivity index is 2.74. The molecule has 0 atom stereocenters. The van der Waals surface area contributed by atoms with Gasteiger partial charge in [-0.05, 0) is 31.9 Å². The van der Waals surface area contributed by atoms with Crippen molar-refractivity contribution >= 4 is 11.7 Å². The van der Waals surface area contributed by atoms with Crippen LogP contribution in [-0.4, -0.2) is 13.0 Å². The van der Waals surface area contributed by atoms with Gasteiger partial charge < -0.3 is 4.84 Å². The Labute approximate surface area is 103 Å². The molecule has 1 aromatic rings. The quantitative estimate of drug-likeness (QED) is 0.590. The van der Waals surface area contributed by atoms with E-state index in [0.717, 1.165) is 17.7 Å². The Morgan fingerprint density at radius 2 is 2.06 bits per heavy atom. The molecule has 0 N–H and O–H groups in total. The Bertz CT molecular complexity index is 424. The van der Waals surface area contributed by atoms with Gasteiger partial charge in [-0.2, -0.15) is 0 Å². The first kappa shape index (κ1) is 13.3. The molecule has 92 valence electrons. The maximum absolute atomic E-state index is 11.7. The number of nitrogens with zero attached hydrogens (tertiary/aromatic N) is 1. The predicted octanol–water partition coefficient (Wildman–Crippen LogP) is 3.25. The van der Waals surface area contributed by atoms with Crippen molar-refractivity contribution in [1.29, 1.82) is 0 Å². The van der Waals surface area contributed by atoms with Crippen LogP contribution in [0.3, 0.4) is 0 Å². The van der Waals surface area contributed by atoms with Crippen LogP contribution in [0.5, 0.6) is 0 Å². The van der Waals surface area contributed by atoms with Crippen molar-refractivity contribution in [1.82, 2.24) is 0 Å². The SMILES string of the molecule is CCC=C(C)C(=O)ON(C)c1ccccc1C. The van der Waals surface area contributed by atoms with Crippen LogP contribution < -0.4 is 5.06 Å². The van der Waals surface area contributed by atoms with Crippen LogP contribution in [0.2, 0.25) is 0 Å². The van der Waals surface area contributed by atoms with Gasteiger partial charge in [0.15, 0.2) is 0 Å². The van der Waals surface area contributed by atoms with Crippen molar-refractivity contribution in [2.24, 2.45) is 0 Å². The highest BCUT2D eigenvalue weighted by Gasteiger charge is 2.11. The van der Waals surface area contributed by atoms with Crippen LogP contribution >= 0.6 is 0 Å². The summed E-state index contributed by atoms with van der Waals surface area (Å²) in [5.74, 6) is -0.308. The molecule has 1 rings (SSSR count). The molecule has 3 nitrogen and oxygen atoms in total. The molecule has 0 fully saturated rings. The molecule has 0 aliphatic rings. The maximum atomic E-state index is 11.7. The first-order valence-electron chi connectivity index (χ1n) is 5.74. The van der Waals surface area contributed by atoms with Crippen LogP contribution in [-0.2, 0) is 9.63 Å². The number of para-hydroxylation sites is 1. The smallest absolute Gasteiger partial charge is 0.336 e. The third kappa shape index (κ3) is 3.63. The molecule has 1 aromatic carbocycles. The van der Waals surface area contributed by atoms with E-state index in [1.165, 1.54) is 5.06 Å². The zero-order chi connectivity index (χ0) is 12.8. The molecule has 0 saturated carbocycles. The maximum Gasteiger partial charge on any atom is 0.358 e. The van der Waals surface area contributed by atoms with Crippen LogP contribution in [0.15, 0.2) is 35.9 Å². The van der Waals surface area contributed by atoms with Gasteiger partial charge in [0.05, 0.1) is 5.69 Å². The minimum atomic E-state index is -0.308. The number of hydroxylamine groups is 1. The highest BCUT2D eigenvalue weighted by molar-refractivity contribution is 5.88. The lowest BCUT2D eigenvalue weighted by molar-refractivity contribution is -0.139. The van der Waals surface area contributed by atoms with Crippen molar-refractivity contribution in [3.8, 4) is 0 Å². The third-order valence-corrected chi connectivity index (χ3v) is 2.51. The lowest BCUT2D eigenvalue weighted by atomic mass is 10.2. The number of benzene rings is 1. The number of allylic oxidation sites excluding steroid dienone is 1. The average molecular weight is 233 g/mol. The molecule has 0 aliphatic carbocycles. The van der Waals surface area contributed by atoms with Crippen LogP contribution in [0.25, 0.3) is 0 Å². The van der Waals surface area contributed by atoms with Gasteiger partial charge >= 0.3 is 5.97 Å². The fourth-order valence-corrected chi connectivity index (χ4v) is 1.55. The van der Waals surface area contributed by atoms with Crippen molar-refractivity contribution in [3.05, 3.63) is 41.5 Å². The van der Waals surface area contributed by atoms with E-state index in [4.69, 9.17) is 4.84 Å².